The topological polar surface area (TPSA) is 43.3 Å². The highest BCUT2D eigenvalue weighted by Gasteiger charge is 2.41. The van der Waals surface area contributed by atoms with Crippen molar-refractivity contribution in [2.45, 2.75) is 18.7 Å². The summed E-state index contributed by atoms with van der Waals surface area (Å²) in [5, 5.41) is 9.16. The molecule has 0 N–H and O–H groups in total. The van der Waals surface area contributed by atoms with Crippen molar-refractivity contribution < 1.29 is 14.2 Å². The second-order valence-corrected chi connectivity index (χ2v) is 7.72. The number of nitrogens with zero attached hydrogens (tertiary/aromatic N) is 2. The van der Waals surface area contributed by atoms with Gasteiger partial charge in [-0.05, 0) is 35.7 Å². The number of hydrogen-bond donors (Lipinski definition) is 0. The lowest BCUT2D eigenvalue weighted by Gasteiger charge is -2.37. The highest BCUT2D eigenvalue weighted by molar-refractivity contribution is 7.10. The van der Waals surface area contributed by atoms with Gasteiger partial charge in [0.2, 0.25) is 13.0 Å². The fourth-order valence-electron chi connectivity index (χ4n) is 3.90. The van der Waals surface area contributed by atoms with Gasteiger partial charge in [-0.15, -0.1) is 11.3 Å². The van der Waals surface area contributed by atoms with E-state index in [0.29, 0.717) is 0 Å². The molecule has 3 aromatic rings. The molecule has 0 saturated carbocycles. The number of hydrazone groups is 1. The third-order valence-electron chi connectivity index (χ3n) is 5.19. The van der Waals surface area contributed by atoms with Gasteiger partial charge < -0.3 is 14.2 Å². The van der Waals surface area contributed by atoms with Crippen LogP contribution in [0.4, 0.5) is 0 Å². The second-order valence-electron chi connectivity index (χ2n) is 6.74. The van der Waals surface area contributed by atoms with E-state index in [4.69, 9.17) is 19.3 Å². The van der Waals surface area contributed by atoms with Crippen LogP contribution in [0.25, 0.3) is 0 Å². The molecule has 0 spiro atoms. The number of benzene rings is 2. The lowest BCUT2D eigenvalue weighted by atomic mass is 9.96. The third-order valence-corrected chi connectivity index (χ3v) is 6.09. The molecule has 2 aromatic carbocycles. The van der Waals surface area contributed by atoms with Crippen LogP contribution in [0.5, 0.6) is 17.2 Å². The van der Waals surface area contributed by atoms with Crippen LogP contribution in [0.15, 0.2) is 65.1 Å². The van der Waals surface area contributed by atoms with Gasteiger partial charge in [-0.25, -0.2) is 5.01 Å². The van der Waals surface area contributed by atoms with Gasteiger partial charge in [-0.1, -0.05) is 24.3 Å². The lowest BCUT2D eigenvalue weighted by molar-refractivity contribution is -0.0165. The Kier molecular flexibility index (Phi) is 3.22. The first-order valence-corrected chi connectivity index (χ1v) is 9.79. The fourth-order valence-corrected chi connectivity index (χ4v) is 4.65. The first kappa shape index (κ1) is 15.1. The van der Waals surface area contributed by atoms with Gasteiger partial charge in [0.25, 0.3) is 0 Å². The smallest absolute Gasteiger partial charge is 0.231 e. The molecule has 2 atom stereocenters. The Morgan fingerprint density at radius 1 is 0.963 bits per heavy atom. The zero-order valence-corrected chi connectivity index (χ0v) is 15.2. The number of hydrogen-bond acceptors (Lipinski definition) is 6. The highest BCUT2D eigenvalue weighted by Crippen LogP contribution is 2.48. The zero-order chi connectivity index (χ0) is 17.8. The molecule has 0 fully saturated rings. The maximum atomic E-state index is 6.33. The first-order valence-electron chi connectivity index (χ1n) is 8.92. The van der Waals surface area contributed by atoms with Crippen molar-refractivity contribution in [2.24, 2.45) is 5.10 Å². The Hall–Kier alpha value is -2.99. The lowest BCUT2D eigenvalue weighted by Crippen LogP contribution is -2.33. The van der Waals surface area contributed by atoms with Crippen LogP contribution < -0.4 is 14.2 Å². The summed E-state index contributed by atoms with van der Waals surface area (Å²) in [6.45, 7) is 0.279. The van der Waals surface area contributed by atoms with E-state index in [1.165, 1.54) is 5.56 Å². The van der Waals surface area contributed by atoms with Crippen molar-refractivity contribution in [1.29, 1.82) is 0 Å². The van der Waals surface area contributed by atoms with Gasteiger partial charge in [-0.3, -0.25) is 0 Å². The molecular weight excluding hydrogens is 360 g/mol. The van der Waals surface area contributed by atoms with E-state index in [-0.39, 0.29) is 19.1 Å². The predicted molar refractivity (Wildman–Crippen MR) is 102 cm³/mol. The first-order chi connectivity index (χ1) is 13.4. The quantitative estimate of drug-likeness (QED) is 0.649. The van der Waals surface area contributed by atoms with Crippen molar-refractivity contribution in [1.82, 2.24) is 5.01 Å². The average molecular weight is 376 g/mol. The SMILES string of the molecule is c1csc([C@@H]2Oc3ccccc3[C@H]3CC(c4ccc5c(c4)OCO5)=NN32)c1. The van der Waals surface area contributed by atoms with Gasteiger partial charge in [0.05, 0.1) is 16.6 Å². The summed E-state index contributed by atoms with van der Waals surface area (Å²) < 4.78 is 17.3. The zero-order valence-electron chi connectivity index (χ0n) is 14.4. The Morgan fingerprint density at radius 3 is 2.81 bits per heavy atom. The molecule has 0 bridgehead atoms. The second kappa shape index (κ2) is 5.76. The van der Waals surface area contributed by atoms with E-state index < -0.39 is 0 Å². The van der Waals surface area contributed by atoms with Gasteiger partial charge >= 0.3 is 0 Å². The average Bonchev–Trinajstić information content (AvgIpc) is 3.47. The van der Waals surface area contributed by atoms with Gasteiger partial charge in [0.1, 0.15) is 5.75 Å². The molecule has 0 amide bonds. The standard InChI is InChI=1S/C21H16N2O3S/c1-2-5-17-14(4-1)16-11-15(13-7-8-18-19(10-13)25-12-24-18)22-23(16)21(26-17)20-6-3-9-27-20/h1-10,16,21H,11-12H2/t16-,21+/m1/s1. The summed E-state index contributed by atoms with van der Waals surface area (Å²) in [6.07, 6.45) is 0.637. The molecular formula is C21H16N2O3S. The van der Waals surface area contributed by atoms with E-state index in [9.17, 15) is 0 Å². The molecule has 0 unspecified atom stereocenters. The molecule has 0 aliphatic carbocycles. The maximum absolute atomic E-state index is 6.33. The monoisotopic (exact) mass is 376 g/mol. The molecule has 5 nitrogen and oxygen atoms in total. The summed E-state index contributed by atoms with van der Waals surface area (Å²) in [5.74, 6) is 2.52. The minimum Gasteiger partial charge on any atom is -0.464 e. The van der Waals surface area contributed by atoms with Gasteiger partial charge in [0.15, 0.2) is 11.5 Å². The Morgan fingerprint density at radius 2 is 1.89 bits per heavy atom. The number of rotatable bonds is 2. The molecule has 3 aliphatic heterocycles. The highest BCUT2D eigenvalue weighted by atomic mass is 32.1. The van der Waals surface area contributed by atoms with Crippen molar-refractivity contribution in [3.05, 3.63) is 76.0 Å². The minimum absolute atomic E-state index is 0.169. The van der Waals surface area contributed by atoms with E-state index in [2.05, 4.69) is 40.7 Å². The summed E-state index contributed by atoms with van der Waals surface area (Å²) in [5.41, 5.74) is 3.29. The Labute approximate surface area is 160 Å². The van der Waals surface area contributed by atoms with Crippen LogP contribution in [0.3, 0.4) is 0 Å². The van der Waals surface area contributed by atoms with E-state index >= 15 is 0 Å². The van der Waals surface area contributed by atoms with Crippen LogP contribution in [0.2, 0.25) is 0 Å². The van der Waals surface area contributed by atoms with Crippen molar-refractivity contribution in [2.75, 3.05) is 6.79 Å². The van der Waals surface area contributed by atoms with Crippen LogP contribution in [0, 0.1) is 0 Å². The summed E-state index contributed by atoms with van der Waals surface area (Å²) in [7, 11) is 0. The van der Waals surface area contributed by atoms with Gasteiger partial charge in [0, 0.05) is 17.5 Å². The van der Waals surface area contributed by atoms with Crippen LogP contribution >= 0.6 is 11.3 Å². The molecule has 1 aromatic heterocycles. The maximum Gasteiger partial charge on any atom is 0.231 e. The molecule has 0 radical (unpaired) electrons. The van der Waals surface area contributed by atoms with Crippen molar-refractivity contribution in [3.8, 4) is 17.2 Å². The van der Waals surface area contributed by atoms with E-state index in [0.717, 1.165) is 39.8 Å². The number of thiophene rings is 1. The van der Waals surface area contributed by atoms with Crippen molar-refractivity contribution >= 4 is 17.0 Å². The van der Waals surface area contributed by atoms with E-state index in [1.54, 1.807) is 11.3 Å². The number of fused-ring (bicyclic) bond motifs is 4. The molecule has 3 aliphatic rings. The molecule has 6 rings (SSSR count). The fraction of sp³-hybridized carbons (Fsp3) is 0.190. The van der Waals surface area contributed by atoms with Gasteiger partial charge in [-0.2, -0.15) is 5.10 Å². The van der Waals surface area contributed by atoms with E-state index in [1.807, 2.05) is 24.3 Å². The predicted octanol–water partition coefficient (Wildman–Crippen LogP) is 4.72. The third kappa shape index (κ3) is 2.33. The molecule has 0 saturated heterocycles. The number of para-hydroxylation sites is 1. The Balaban J connectivity index is 1.43. The van der Waals surface area contributed by atoms with Crippen LogP contribution in [0.1, 0.15) is 34.7 Å². The normalized spacial score (nSPS) is 22.1. The molecule has 6 heteroatoms. The van der Waals surface area contributed by atoms with Crippen LogP contribution in [-0.2, 0) is 0 Å². The minimum atomic E-state index is -0.198. The van der Waals surface area contributed by atoms with Crippen LogP contribution in [-0.4, -0.2) is 17.5 Å². The summed E-state index contributed by atoms with van der Waals surface area (Å²) in [4.78, 5) is 1.16. The largest absolute Gasteiger partial charge is 0.464 e. The molecule has 27 heavy (non-hydrogen) atoms. The number of ether oxygens (including phenoxy) is 3. The Bertz CT molecular complexity index is 1050. The summed E-state index contributed by atoms with van der Waals surface area (Å²) in [6, 6.07) is 18.6. The molecule has 134 valence electrons. The molecule has 4 heterocycles. The van der Waals surface area contributed by atoms with Crippen molar-refractivity contribution in [3.63, 3.8) is 0 Å². The summed E-state index contributed by atoms with van der Waals surface area (Å²) >= 11 is 1.69.